The van der Waals surface area contributed by atoms with Crippen LogP contribution in [0.2, 0.25) is 0 Å². The summed E-state index contributed by atoms with van der Waals surface area (Å²) in [5, 5.41) is 3.21. The molecule has 4 heteroatoms. The first kappa shape index (κ1) is 11.5. The zero-order chi connectivity index (χ0) is 12.0. The molecule has 0 aromatic carbocycles. The minimum absolute atomic E-state index is 0.0969. The highest BCUT2D eigenvalue weighted by molar-refractivity contribution is 5.80. The summed E-state index contributed by atoms with van der Waals surface area (Å²) in [7, 11) is 2.11. The van der Waals surface area contributed by atoms with Crippen LogP contribution in [0.5, 0.6) is 0 Å². The molecule has 2 saturated carbocycles. The molecule has 1 aliphatic heterocycles. The normalized spacial score (nSPS) is 45.4. The van der Waals surface area contributed by atoms with Gasteiger partial charge >= 0.3 is 0 Å². The van der Waals surface area contributed by atoms with Crippen molar-refractivity contribution >= 4 is 5.91 Å². The molecule has 96 valence electrons. The van der Waals surface area contributed by atoms with Gasteiger partial charge in [-0.2, -0.15) is 0 Å². The highest BCUT2D eigenvalue weighted by Crippen LogP contribution is 2.47. The minimum atomic E-state index is 0.0969. The highest BCUT2D eigenvalue weighted by atomic mass is 16.2. The molecule has 0 radical (unpaired) electrons. The Labute approximate surface area is 103 Å². The molecule has 1 amide bonds. The number of hydrogen-bond donors (Lipinski definition) is 2. The van der Waals surface area contributed by atoms with Crippen LogP contribution in [0.4, 0.5) is 0 Å². The van der Waals surface area contributed by atoms with E-state index < -0.39 is 0 Å². The van der Waals surface area contributed by atoms with Gasteiger partial charge in [0.1, 0.15) is 0 Å². The van der Waals surface area contributed by atoms with E-state index >= 15 is 0 Å². The summed E-state index contributed by atoms with van der Waals surface area (Å²) in [6, 6.07) is 0.465. The quantitative estimate of drug-likeness (QED) is 0.720. The Hall–Kier alpha value is -0.610. The molecule has 5 atom stereocenters. The Morgan fingerprint density at radius 2 is 2.06 bits per heavy atom. The van der Waals surface area contributed by atoms with Gasteiger partial charge < -0.3 is 16.0 Å². The van der Waals surface area contributed by atoms with Crippen LogP contribution in [0.3, 0.4) is 0 Å². The Bertz CT molecular complexity index is 318. The maximum atomic E-state index is 12.3. The summed E-state index contributed by atoms with van der Waals surface area (Å²) >= 11 is 0. The van der Waals surface area contributed by atoms with Gasteiger partial charge in [-0.1, -0.05) is 0 Å². The average molecular weight is 237 g/mol. The Balaban J connectivity index is 1.59. The average Bonchev–Trinajstić information content (AvgIpc) is 2.94. The number of hydrogen-bond acceptors (Lipinski definition) is 3. The SMILES string of the molecule is CN1CCC(NC(=O)C2C3CCC(C3)C2N)C1. The number of nitrogens with zero attached hydrogens (tertiary/aromatic N) is 1. The Kier molecular flexibility index (Phi) is 2.87. The molecule has 5 unspecified atom stereocenters. The second kappa shape index (κ2) is 4.25. The van der Waals surface area contributed by atoms with Crippen LogP contribution in [0, 0.1) is 17.8 Å². The fraction of sp³-hybridized carbons (Fsp3) is 0.923. The van der Waals surface area contributed by atoms with Crippen molar-refractivity contribution in [1.29, 1.82) is 0 Å². The first-order valence-electron chi connectivity index (χ1n) is 6.89. The van der Waals surface area contributed by atoms with Crippen molar-refractivity contribution in [2.75, 3.05) is 20.1 Å². The molecule has 2 bridgehead atoms. The fourth-order valence-corrected chi connectivity index (χ4v) is 4.08. The largest absolute Gasteiger partial charge is 0.352 e. The zero-order valence-corrected chi connectivity index (χ0v) is 10.6. The molecule has 4 nitrogen and oxygen atoms in total. The molecule has 3 fully saturated rings. The molecule has 3 aliphatic rings. The minimum Gasteiger partial charge on any atom is -0.352 e. The smallest absolute Gasteiger partial charge is 0.225 e. The summed E-state index contributed by atoms with van der Waals surface area (Å²) in [5.41, 5.74) is 6.20. The predicted molar refractivity (Wildman–Crippen MR) is 66.3 cm³/mol. The fourth-order valence-electron chi connectivity index (χ4n) is 4.08. The number of nitrogens with two attached hydrogens (primary N) is 1. The van der Waals surface area contributed by atoms with Crippen LogP contribution in [-0.2, 0) is 4.79 Å². The highest BCUT2D eigenvalue weighted by Gasteiger charge is 2.49. The number of carbonyl (C=O) groups excluding carboxylic acids is 1. The Morgan fingerprint density at radius 1 is 1.29 bits per heavy atom. The van der Waals surface area contributed by atoms with Crippen LogP contribution in [0.25, 0.3) is 0 Å². The molecule has 1 heterocycles. The first-order chi connectivity index (χ1) is 8.15. The van der Waals surface area contributed by atoms with Crippen molar-refractivity contribution in [3.8, 4) is 0 Å². The summed E-state index contributed by atoms with van der Waals surface area (Å²) in [6.07, 6.45) is 4.71. The summed E-state index contributed by atoms with van der Waals surface area (Å²) in [5.74, 6) is 1.50. The zero-order valence-electron chi connectivity index (χ0n) is 10.6. The van der Waals surface area contributed by atoms with E-state index in [1.807, 2.05) is 0 Å². The molecule has 3 N–H and O–H groups in total. The van der Waals surface area contributed by atoms with Gasteiger partial charge in [0.2, 0.25) is 5.91 Å². The lowest BCUT2D eigenvalue weighted by Gasteiger charge is -2.28. The van der Waals surface area contributed by atoms with Crippen LogP contribution in [-0.4, -0.2) is 43.0 Å². The summed E-state index contributed by atoms with van der Waals surface area (Å²) in [6.45, 7) is 2.08. The van der Waals surface area contributed by atoms with Crippen LogP contribution >= 0.6 is 0 Å². The number of fused-ring (bicyclic) bond motifs is 2. The van der Waals surface area contributed by atoms with E-state index in [-0.39, 0.29) is 17.9 Å². The number of likely N-dealkylation sites (tertiary alicyclic amines) is 1. The van der Waals surface area contributed by atoms with Gasteiger partial charge in [0, 0.05) is 18.6 Å². The van der Waals surface area contributed by atoms with E-state index in [4.69, 9.17) is 5.73 Å². The van der Waals surface area contributed by atoms with Crippen LogP contribution < -0.4 is 11.1 Å². The number of amides is 1. The van der Waals surface area contributed by atoms with E-state index in [0.717, 1.165) is 19.5 Å². The molecular weight excluding hydrogens is 214 g/mol. The van der Waals surface area contributed by atoms with Gasteiger partial charge in [0.15, 0.2) is 0 Å². The monoisotopic (exact) mass is 237 g/mol. The van der Waals surface area contributed by atoms with Gasteiger partial charge in [-0.3, -0.25) is 4.79 Å². The molecule has 0 spiro atoms. The van der Waals surface area contributed by atoms with Gasteiger partial charge in [-0.25, -0.2) is 0 Å². The second-order valence-corrected chi connectivity index (χ2v) is 6.19. The maximum Gasteiger partial charge on any atom is 0.225 e. The van der Waals surface area contributed by atoms with Gasteiger partial charge in [-0.15, -0.1) is 0 Å². The lowest BCUT2D eigenvalue weighted by molar-refractivity contribution is -0.127. The number of nitrogens with one attached hydrogen (secondary N) is 1. The lowest BCUT2D eigenvalue weighted by Crippen LogP contribution is -2.48. The molecule has 2 aliphatic carbocycles. The third kappa shape index (κ3) is 1.97. The van der Waals surface area contributed by atoms with Crippen LogP contribution in [0.15, 0.2) is 0 Å². The van der Waals surface area contributed by atoms with Gasteiger partial charge in [0.05, 0.1) is 5.92 Å². The molecule has 0 aromatic heterocycles. The van der Waals surface area contributed by atoms with Gasteiger partial charge in [-0.05, 0) is 51.1 Å². The van der Waals surface area contributed by atoms with E-state index in [1.54, 1.807) is 0 Å². The lowest BCUT2D eigenvalue weighted by atomic mass is 9.84. The van der Waals surface area contributed by atoms with Crippen molar-refractivity contribution in [3.05, 3.63) is 0 Å². The summed E-state index contributed by atoms with van der Waals surface area (Å²) < 4.78 is 0. The molecule has 0 aromatic rings. The maximum absolute atomic E-state index is 12.3. The standard InChI is InChI=1S/C13H23N3O/c1-16-5-4-10(7-16)15-13(17)11-8-2-3-9(6-8)12(11)14/h8-12H,2-7,14H2,1H3,(H,15,17). The molecule has 3 rings (SSSR count). The van der Waals surface area contributed by atoms with Crippen molar-refractivity contribution in [1.82, 2.24) is 10.2 Å². The third-order valence-corrected chi connectivity index (χ3v) is 5.02. The van der Waals surface area contributed by atoms with Crippen molar-refractivity contribution in [2.24, 2.45) is 23.5 Å². The molecule has 1 saturated heterocycles. The number of carbonyl (C=O) groups is 1. The molecular formula is C13H23N3O. The van der Waals surface area contributed by atoms with E-state index in [9.17, 15) is 4.79 Å². The number of rotatable bonds is 2. The Morgan fingerprint density at radius 3 is 2.65 bits per heavy atom. The van der Waals surface area contributed by atoms with E-state index in [0.29, 0.717) is 17.9 Å². The molecule has 17 heavy (non-hydrogen) atoms. The van der Waals surface area contributed by atoms with E-state index in [2.05, 4.69) is 17.3 Å². The first-order valence-corrected chi connectivity index (χ1v) is 6.89. The topological polar surface area (TPSA) is 58.4 Å². The van der Waals surface area contributed by atoms with Gasteiger partial charge in [0.25, 0.3) is 0 Å². The van der Waals surface area contributed by atoms with Crippen molar-refractivity contribution in [2.45, 2.75) is 37.8 Å². The third-order valence-electron chi connectivity index (χ3n) is 5.02. The van der Waals surface area contributed by atoms with E-state index in [1.165, 1.54) is 19.3 Å². The van der Waals surface area contributed by atoms with Crippen molar-refractivity contribution in [3.63, 3.8) is 0 Å². The van der Waals surface area contributed by atoms with Crippen molar-refractivity contribution < 1.29 is 4.79 Å². The van der Waals surface area contributed by atoms with Crippen LogP contribution in [0.1, 0.15) is 25.7 Å². The predicted octanol–water partition coefficient (Wildman–Crippen LogP) is 0.180. The number of likely N-dealkylation sites (N-methyl/N-ethyl adjacent to an activating group) is 1. The summed E-state index contributed by atoms with van der Waals surface area (Å²) in [4.78, 5) is 14.6. The second-order valence-electron chi connectivity index (χ2n) is 6.19.